The molecule has 0 aliphatic carbocycles. The van der Waals surface area contributed by atoms with Gasteiger partial charge >= 0.3 is 12.4 Å². The van der Waals surface area contributed by atoms with Crippen LogP contribution in [0.5, 0.6) is 11.5 Å². The molecule has 4 rings (SSSR count). The fourth-order valence-corrected chi connectivity index (χ4v) is 3.99. The highest BCUT2D eigenvalue weighted by molar-refractivity contribution is 7.12. The smallest absolute Gasteiger partial charge is 0.433 e. The standard InChI is InChI=1S/C22H15F6N3O2S/c1-32-14-7-8-15(18(9-14)33-2)16-10-19(22(26,27)28)31(30-16)20-29-17(11-34-20)12-3-5-13(6-4-12)21(23,24)25/h3-11H,1-2H3. The first kappa shape index (κ1) is 23.6. The molecule has 0 saturated heterocycles. The minimum absolute atomic E-state index is 0.00175. The highest BCUT2D eigenvalue weighted by Gasteiger charge is 2.37. The Morgan fingerprint density at radius 2 is 1.53 bits per heavy atom. The number of halogens is 6. The van der Waals surface area contributed by atoms with Crippen molar-refractivity contribution >= 4 is 11.3 Å². The Labute approximate surface area is 193 Å². The molecule has 0 fully saturated rings. The van der Waals surface area contributed by atoms with Gasteiger partial charge < -0.3 is 9.47 Å². The largest absolute Gasteiger partial charge is 0.497 e. The van der Waals surface area contributed by atoms with Crippen molar-refractivity contribution < 1.29 is 35.8 Å². The van der Waals surface area contributed by atoms with Gasteiger partial charge in [0.2, 0.25) is 5.13 Å². The molecule has 12 heteroatoms. The Bertz CT molecular complexity index is 1310. The maximum Gasteiger partial charge on any atom is 0.433 e. The summed E-state index contributed by atoms with van der Waals surface area (Å²) >= 11 is 0.878. The lowest BCUT2D eigenvalue weighted by molar-refractivity contribution is -0.142. The van der Waals surface area contributed by atoms with Crippen LogP contribution in [0, 0.1) is 0 Å². The summed E-state index contributed by atoms with van der Waals surface area (Å²) in [4.78, 5) is 4.18. The summed E-state index contributed by atoms with van der Waals surface area (Å²) < 4.78 is 90.9. The molecule has 2 aromatic carbocycles. The number of methoxy groups -OCH3 is 2. The third kappa shape index (κ3) is 4.58. The van der Waals surface area contributed by atoms with Crippen LogP contribution in [0.3, 0.4) is 0 Å². The Hall–Kier alpha value is -3.54. The number of thiazole rings is 1. The molecule has 0 bridgehead atoms. The third-order valence-electron chi connectivity index (χ3n) is 4.87. The SMILES string of the molecule is COc1ccc(-c2cc(C(F)(F)F)n(-c3nc(-c4ccc(C(F)(F)F)cc4)cs3)n2)c(OC)c1. The fraction of sp³-hybridized carbons (Fsp3) is 0.182. The normalized spacial score (nSPS) is 12.1. The maximum atomic E-state index is 13.8. The molecular weight excluding hydrogens is 484 g/mol. The highest BCUT2D eigenvalue weighted by Crippen LogP contribution is 2.39. The molecule has 0 unspecified atom stereocenters. The van der Waals surface area contributed by atoms with E-state index in [2.05, 4.69) is 10.1 Å². The molecule has 0 radical (unpaired) electrons. The van der Waals surface area contributed by atoms with Crippen molar-refractivity contribution in [3.05, 3.63) is 65.2 Å². The number of alkyl halides is 6. The van der Waals surface area contributed by atoms with Crippen LogP contribution in [-0.4, -0.2) is 29.0 Å². The van der Waals surface area contributed by atoms with Gasteiger partial charge in [-0.3, -0.25) is 0 Å². The number of rotatable bonds is 5. The van der Waals surface area contributed by atoms with Crippen molar-refractivity contribution in [3.8, 4) is 39.1 Å². The zero-order valence-electron chi connectivity index (χ0n) is 17.5. The average molecular weight is 499 g/mol. The molecule has 0 amide bonds. The van der Waals surface area contributed by atoms with Crippen molar-refractivity contribution in [2.24, 2.45) is 0 Å². The van der Waals surface area contributed by atoms with Gasteiger partial charge in [0.15, 0.2) is 5.69 Å². The number of benzene rings is 2. The van der Waals surface area contributed by atoms with Crippen LogP contribution in [-0.2, 0) is 12.4 Å². The fourth-order valence-electron chi connectivity index (χ4n) is 3.19. The van der Waals surface area contributed by atoms with E-state index >= 15 is 0 Å². The molecule has 0 spiro atoms. The molecule has 2 heterocycles. The average Bonchev–Trinajstić information content (AvgIpc) is 3.45. The first-order valence-corrected chi connectivity index (χ1v) is 10.4. The van der Waals surface area contributed by atoms with E-state index in [9.17, 15) is 26.3 Å². The van der Waals surface area contributed by atoms with E-state index in [-0.39, 0.29) is 22.3 Å². The zero-order chi connectivity index (χ0) is 24.7. The lowest BCUT2D eigenvalue weighted by Gasteiger charge is -2.08. The summed E-state index contributed by atoms with van der Waals surface area (Å²) in [6, 6.07) is 9.69. The van der Waals surface area contributed by atoms with Crippen molar-refractivity contribution in [1.82, 2.24) is 14.8 Å². The van der Waals surface area contributed by atoms with Gasteiger partial charge in [-0.05, 0) is 30.3 Å². The predicted molar refractivity (Wildman–Crippen MR) is 113 cm³/mol. The van der Waals surface area contributed by atoms with E-state index in [1.54, 1.807) is 6.07 Å². The minimum Gasteiger partial charge on any atom is -0.497 e. The van der Waals surface area contributed by atoms with E-state index in [0.717, 1.165) is 29.5 Å². The summed E-state index contributed by atoms with van der Waals surface area (Å²) in [5, 5.41) is 5.47. The molecule has 0 aliphatic heterocycles. The summed E-state index contributed by atoms with van der Waals surface area (Å²) in [5.41, 5.74) is -1.04. The van der Waals surface area contributed by atoms with Crippen LogP contribution in [0.2, 0.25) is 0 Å². The summed E-state index contributed by atoms with van der Waals surface area (Å²) in [6.45, 7) is 0. The molecule has 2 aromatic heterocycles. The maximum absolute atomic E-state index is 13.8. The van der Waals surface area contributed by atoms with Gasteiger partial charge in [0, 0.05) is 22.6 Å². The third-order valence-corrected chi connectivity index (χ3v) is 5.68. The topological polar surface area (TPSA) is 49.2 Å². The summed E-state index contributed by atoms with van der Waals surface area (Å²) in [7, 11) is 2.82. The zero-order valence-corrected chi connectivity index (χ0v) is 18.3. The Morgan fingerprint density at radius 1 is 0.824 bits per heavy atom. The van der Waals surface area contributed by atoms with Crippen LogP contribution in [0.1, 0.15) is 11.3 Å². The molecule has 0 atom stereocenters. The van der Waals surface area contributed by atoms with Crippen molar-refractivity contribution in [3.63, 3.8) is 0 Å². The number of ether oxygens (including phenoxy) is 2. The number of aromatic nitrogens is 3. The molecule has 0 saturated carbocycles. The Morgan fingerprint density at radius 3 is 2.12 bits per heavy atom. The van der Waals surface area contributed by atoms with Gasteiger partial charge in [-0.25, -0.2) is 9.67 Å². The van der Waals surface area contributed by atoms with Crippen molar-refractivity contribution in [2.75, 3.05) is 14.2 Å². The molecule has 5 nitrogen and oxygen atoms in total. The Balaban J connectivity index is 1.76. The Kier molecular flexibility index (Phi) is 6.02. The molecule has 0 N–H and O–H groups in total. The van der Waals surface area contributed by atoms with Crippen LogP contribution in [0.15, 0.2) is 53.9 Å². The second kappa shape index (κ2) is 8.67. The first-order chi connectivity index (χ1) is 16.0. The second-order valence-corrected chi connectivity index (χ2v) is 7.82. The molecule has 178 valence electrons. The first-order valence-electron chi connectivity index (χ1n) is 9.54. The lowest BCUT2D eigenvalue weighted by Crippen LogP contribution is -2.13. The monoisotopic (exact) mass is 499 g/mol. The minimum atomic E-state index is -4.74. The quantitative estimate of drug-likeness (QED) is 0.286. The van der Waals surface area contributed by atoms with Crippen LogP contribution < -0.4 is 9.47 Å². The van der Waals surface area contributed by atoms with Crippen LogP contribution in [0.4, 0.5) is 26.3 Å². The van der Waals surface area contributed by atoms with E-state index in [0.29, 0.717) is 21.6 Å². The van der Waals surface area contributed by atoms with E-state index in [1.165, 1.54) is 43.9 Å². The van der Waals surface area contributed by atoms with Gasteiger partial charge in [0.25, 0.3) is 0 Å². The van der Waals surface area contributed by atoms with Crippen LogP contribution >= 0.6 is 11.3 Å². The van der Waals surface area contributed by atoms with Gasteiger partial charge in [-0.15, -0.1) is 11.3 Å². The van der Waals surface area contributed by atoms with E-state index in [1.807, 2.05) is 0 Å². The lowest BCUT2D eigenvalue weighted by atomic mass is 10.1. The number of hydrogen-bond acceptors (Lipinski definition) is 5. The number of nitrogens with zero attached hydrogens (tertiary/aromatic N) is 3. The van der Waals surface area contributed by atoms with Gasteiger partial charge in [-0.2, -0.15) is 31.4 Å². The number of hydrogen-bond donors (Lipinski definition) is 0. The van der Waals surface area contributed by atoms with Crippen molar-refractivity contribution in [2.45, 2.75) is 12.4 Å². The van der Waals surface area contributed by atoms with Gasteiger partial charge in [0.05, 0.1) is 31.2 Å². The van der Waals surface area contributed by atoms with Gasteiger partial charge in [0.1, 0.15) is 11.5 Å². The molecule has 34 heavy (non-hydrogen) atoms. The summed E-state index contributed by atoms with van der Waals surface area (Å²) in [6.07, 6.45) is -9.24. The summed E-state index contributed by atoms with van der Waals surface area (Å²) in [5.74, 6) is 0.722. The molecular formula is C22H15F6N3O2S. The molecule has 4 aromatic rings. The highest BCUT2D eigenvalue weighted by atomic mass is 32.1. The van der Waals surface area contributed by atoms with E-state index < -0.39 is 23.6 Å². The van der Waals surface area contributed by atoms with Crippen molar-refractivity contribution in [1.29, 1.82) is 0 Å². The van der Waals surface area contributed by atoms with E-state index in [4.69, 9.17) is 9.47 Å². The second-order valence-electron chi connectivity index (χ2n) is 6.98. The predicted octanol–water partition coefficient (Wildman–Crippen LogP) is 6.72. The van der Waals surface area contributed by atoms with Gasteiger partial charge in [-0.1, -0.05) is 12.1 Å². The van der Waals surface area contributed by atoms with Crippen LogP contribution in [0.25, 0.3) is 27.6 Å². The molecule has 0 aliphatic rings.